The first-order chi connectivity index (χ1) is 6.04. The summed E-state index contributed by atoms with van der Waals surface area (Å²) in [5.41, 5.74) is 0.641. The van der Waals surface area contributed by atoms with Crippen molar-refractivity contribution in [2.45, 2.75) is 16.6 Å². The van der Waals surface area contributed by atoms with Crippen LogP contribution in [0.1, 0.15) is 17.3 Å². The van der Waals surface area contributed by atoms with E-state index in [0.29, 0.717) is 10.5 Å². The molecular formula is C9H8Br2OS. The van der Waals surface area contributed by atoms with Crippen LogP contribution in [0.15, 0.2) is 27.6 Å². The zero-order valence-electron chi connectivity index (χ0n) is 6.92. The van der Waals surface area contributed by atoms with Gasteiger partial charge in [0.25, 0.3) is 0 Å². The normalized spacial score (nSPS) is 12.6. The molecule has 0 heterocycles. The Balaban J connectivity index is 3.15. The number of carbonyl (C=O) groups is 1. The molecule has 0 fully saturated rings. The molecule has 0 amide bonds. The van der Waals surface area contributed by atoms with Gasteiger partial charge in [0.1, 0.15) is 0 Å². The van der Waals surface area contributed by atoms with E-state index in [0.717, 1.165) is 4.47 Å². The van der Waals surface area contributed by atoms with Crippen LogP contribution < -0.4 is 0 Å². The Morgan fingerprint density at radius 2 is 2.15 bits per heavy atom. The maximum Gasteiger partial charge on any atom is 0.177 e. The smallest absolute Gasteiger partial charge is 0.177 e. The molecule has 4 heteroatoms. The third-order valence-corrected chi connectivity index (χ3v) is 3.48. The molecular weight excluding hydrogens is 316 g/mol. The summed E-state index contributed by atoms with van der Waals surface area (Å²) in [6.45, 7) is 1.80. The molecule has 1 rings (SSSR count). The first-order valence-corrected chi connectivity index (χ1v) is 5.85. The average Bonchev–Trinajstić information content (AvgIpc) is 2.08. The molecule has 0 N–H and O–H groups in total. The molecule has 13 heavy (non-hydrogen) atoms. The fourth-order valence-corrected chi connectivity index (χ4v) is 1.80. The second kappa shape index (κ2) is 4.62. The molecule has 0 aliphatic rings. The van der Waals surface area contributed by atoms with Crippen molar-refractivity contribution < 1.29 is 4.79 Å². The Hall–Kier alpha value is 0.200. The minimum absolute atomic E-state index is 0.0475. The number of rotatable bonds is 2. The molecule has 0 radical (unpaired) electrons. The van der Waals surface area contributed by atoms with Crippen LogP contribution in [0.2, 0.25) is 0 Å². The maximum atomic E-state index is 11.6. The van der Waals surface area contributed by atoms with Gasteiger partial charge < -0.3 is 0 Å². The van der Waals surface area contributed by atoms with Crippen LogP contribution in [0.4, 0.5) is 0 Å². The van der Waals surface area contributed by atoms with Crippen LogP contribution in [-0.2, 0) is 0 Å². The van der Waals surface area contributed by atoms with Crippen LogP contribution in [-0.4, -0.2) is 10.6 Å². The van der Waals surface area contributed by atoms with Crippen molar-refractivity contribution in [3.8, 4) is 0 Å². The predicted octanol–water partition coefficient (Wildman–Crippen LogP) is 3.70. The highest BCUT2D eigenvalue weighted by molar-refractivity contribution is 9.10. The number of benzene rings is 1. The Kier molecular flexibility index (Phi) is 4.01. The summed E-state index contributed by atoms with van der Waals surface area (Å²) in [5.74, 6) is 0.0475. The molecule has 0 bridgehead atoms. The molecule has 1 unspecified atom stereocenters. The van der Waals surface area contributed by atoms with E-state index in [1.807, 2.05) is 12.1 Å². The van der Waals surface area contributed by atoms with Gasteiger partial charge in [-0.3, -0.25) is 4.79 Å². The van der Waals surface area contributed by atoms with E-state index in [1.165, 1.54) is 0 Å². The third kappa shape index (κ3) is 2.58. The number of hydrogen-bond donors (Lipinski definition) is 1. The van der Waals surface area contributed by atoms with Crippen LogP contribution in [0, 0.1) is 0 Å². The first kappa shape index (κ1) is 11.3. The third-order valence-electron chi connectivity index (χ3n) is 1.61. The van der Waals surface area contributed by atoms with E-state index < -0.39 is 0 Å². The largest absolute Gasteiger partial charge is 0.293 e. The Morgan fingerprint density at radius 3 is 2.69 bits per heavy atom. The van der Waals surface area contributed by atoms with Crippen molar-refractivity contribution in [2.75, 3.05) is 0 Å². The maximum absolute atomic E-state index is 11.6. The van der Waals surface area contributed by atoms with E-state index >= 15 is 0 Å². The fourth-order valence-electron chi connectivity index (χ4n) is 0.928. The number of hydrogen-bond acceptors (Lipinski definition) is 2. The lowest BCUT2D eigenvalue weighted by atomic mass is 10.1. The molecule has 0 saturated carbocycles. The molecule has 70 valence electrons. The molecule has 0 saturated heterocycles. The van der Waals surface area contributed by atoms with Gasteiger partial charge >= 0.3 is 0 Å². The first-order valence-electron chi connectivity index (χ1n) is 3.69. The Labute approximate surface area is 99.6 Å². The van der Waals surface area contributed by atoms with Crippen LogP contribution in [0.5, 0.6) is 0 Å². The molecule has 0 spiro atoms. The monoisotopic (exact) mass is 322 g/mol. The Morgan fingerprint density at radius 1 is 1.54 bits per heavy atom. The second-order valence-corrected chi connectivity index (χ2v) is 5.29. The lowest BCUT2D eigenvalue weighted by Gasteiger charge is -2.06. The number of thiol groups is 1. The van der Waals surface area contributed by atoms with Crippen molar-refractivity contribution in [3.63, 3.8) is 0 Å². The van der Waals surface area contributed by atoms with Gasteiger partial charge in [0.2, 0.25) is 0 Å². The highest BCUT2D eigenvalue weighted by atomic mass is 79.9. The van der Waals surface area contributed by atoms with E-state index in [9.17, 15) is 4.79 Å². The molecule has 0 aliphatic heterocycles. The topological polar surface area (TPSA) is 17.1 Å². The minimum Gasteiger partial charge on any atom is -0.293 e. The van der Waals surface area contributed by atoms with Crippen LogP contribution in [0.25, 0.3) is 0 Å². The van der Waals surface area contributed by atoms with Crippen molar-refractivity contribution in [2.24, 2.45) is 0 Å². The molecule has 0 aliphatic carbocycles. The van der Waals surface area contributed by atoms with Crippen LogP contribution >= 0.6 is 44.5 Å². The van der Waals surface area contributed by atoms with Gasteiger partial charge in [-0.2, -0.15) is 0 Å². The van der Waals surface area contributed by atoms with Gasteiger partial charge in [-0.15, -0.1) is 12.6 Å². The van der Waals surface area contributed by atoms with E-state index in [4.69, 9.17) is 0 Å². The number of carbonyl (C=O) groups excluding carboxylic acids is 1. The lowest BCUT2D eigenvalue weighted by Crippen LogP contribution is -2.10. The number of alkyl halides is 1. The summed E-state index contributed by atoms with van der Waals surface area (Å²) >= 11 is 10.8. The predicted molar refractivity (Wildman–Crippen MR) is 64.1 cm³/mol. The molecule has 1 aromatic rings. The summed E-state index contributed by atoms with van der Waals surface area (Å²) in [6.07, 6.45) is 0. The number of ketones is 1. The molecule has 0 aromatic heterocycles. The fraction of sp³-hybridized carbons (Fsp3) is 0.222. The Bertz CT molecular complexity index is 336. The minimum atomic E-state index is -0.173. The van der Waals surface area contributed by atoms with Gasteiger partial charge in [-0.1, -0.05) is 28.1 Å². The number of halogens is 2. The highest BCUT2D eigenvalue weighted by Gasteiger charge is 2.15. The van der Waals surface area contributed by atoms with Gasteiger partial charge in [-0.25, -0.2) is 0 Å². The van der Waals surface area contributed by atoms with Gasteiger partial charge in [-0.05, 0) is 28.9 Å². The van der Waals surface area contributed by atoms with Gasteiger partial charge in [0, 0.05) is 14.9 Å². The number of Topliss-reactive ketones (excluding diaryl/α,β-unsaturated/α-hetero) is 1. The molecule has 1 aromatic carbocycles. The highest BCUT2D eigenvalue weighted by Crippen LogP contribution is 2.26. The van der Waals surface area contributed by atoms with Crippen molar-refractivity contribution >= 4 is 50.3 Å². The van der Waals surface area contributed by atoms with E-state index in [1.54, 1.807) is 13.0 Å². The SMILES string of the molecule is CC(Br)C(=O)c1cccc(Br)c1S. The summed E-state index contributed by atoms with van der Waals surface area (Å²) in [7, 11) is 0. The quantitative estimate of drug-likeness (QED) is 0.499. The molecule has 1 nitrogen and oxygen atoms in total. The van der Waals surface area contributed by atoms with Gasteiger partial charge in [0.15, 0.2) is 5.78 Å². The second-order valence-electron chi connectivity index (χ2n) is 2.62. The molecule has 1 atom stereocenters. The van der Waals surface area contributed by atoms with E-state index in [2.05, 4.69) is 44.5 Å². The average molecular weight is 324 g/mol. The van der Waals surface area contributed by atoms with E-state index in [-0.39, 0.29) is 10.6 Å². The lowest BCUT2D eigenvalue weighted by molar-refractivity contribution is 0.0993. The zero-order valence-corrected chi connectivity index (χ0v) is 11.0. The summed E-state index contributed by atoms with van der Waals surface area (Å²) in [5, 5.41) is 0. The van der Waals surface area contributed by atoms with Crippen molar-refractivity contribution in [1.29, 1.82) is 0 Å². The summed E-state index contributed by atoms with van der Waals surface area (Å²) in [4.78, 5) is 12.1. The van der Waals surface area contributed by atoms with Crippen molar-refractivity contribution in [1.82, 2.24) is 0 Å². The van der Waals surface area contributed by atoms with Gasteiger partial charge in [0.05, 0.1) is 4.83 Å². The zero-order chi connectivity index (χ0) is 10.0. The van der Waals surface area contributed by atoms with Crippen LogP contribution in [0.3, 0.4) is 0 Å². The van der Waals surface area contributed by atoms with Crippen molar-refractivity contribution in [3.05, 3.63) is 28.2 Å². The summed E-state index contributed by atoms with van der Waals surface area (Å²) < 4.78 is 0.842. The summed E-state index contributed by atoms with van der Waals surface area (Å²) in [6, 6.07) is 5.46. The standard InChI is InChI=1S/C9H8Br2OS/c1-5(10)8(12)6-3-2-4-7(11)9(6)13/h2-5,13H,1H3.